The van der Waals surface area contributed by atoms with Crippen LogP contribution < -0.4 is 4.74 Å². The number of aldehydes is 1. The van der Waals surface area contributed by atoms with E-state index in [0.29, 0.717) is 18.6 Å². The Bertz CT molecular complexity index is 776. The average molecular weight is 352 g/mol. The molecule has 1 aromatic carbocycles. The first-order valence-corrected chi connectivity index (χ1v) is 8.93. The van der Waals surface area contributed by atoms with Gasteiger partial charge < -0.3 is 9.84 Å². The molecule has 0 bridgehead atoms. The molecule has 0 radical (unpaired) electrons. The van der Waals surface area contributed by atoms with Gasteiger partial charge >= 0.3 is 0 Å². The van der Waals surface area contributed by atoms with Crippen molar-refractivity contribution in [2.75, 3.05) is 13.2 Å². The average Bonchev–Trinajstić information content (AvgIpc) is 2.68. The number of phenolic OH excluding ortho intramolecular Hbond substituents is 1. The van der Waals surface area contributed by atoms with Crippen LogP contribution in [0.2, 0.25) is 0 Å². The summed E-state index contributed by atoms with van der Waals surface area (Å²) in [5.41, 5.74) is 2.27. The zero-order valence-electron chi connectivity index (χ0n) is 14.8. The third-order valence-corrected chi connectivity index (χ3v) is 4.83. The molecule has 1 atom stereocenters. The highest BCUT2D eigenvalue weighted by molar-refractivity contribution is 5.83. The number of aromatic nitrogens is 1. The van der Waals surface area contributed by atoms with Crippen molar-refractivity contribution in [1.82, 2.24) is 9.88 Å². The van der Waals surface area contributed by atoms with Crippen LogP contribution in [0.4, 0.5) is 0 Å². The number of phenols is 1. The first-order chi connectivity index (χ1) is 12.7. The predicted molar refractivity (Wildman–Crippen MR) is 101 cm³/mol. The minimum absolute atomic E-state index is 0.0519. The van der Waals surface area contributed by atoms with Crippen molar-refractivity contribution in [3.05, 3.63) is 59.9 Å². The lowest BCUT2D eigenvalue weighted by Gasteiger charge is -2.35. The van der Waals surface area contributed by atoms with Gasteiger partial charge in [0.25, 0.3) is 0 Å². The fourth-order valence-electron chi connectivity index (χ4n) is 3.41. The molecule has 1 saturated heterocycles. The second-order valence-electron chi connectivity index (χ2n) is 6.49. The zero-order chi connectivity index (χ0) is 18.4. The van der Waals surface area contributed by atoms with Gasteiger partial charge in [0.1, 0.15) is 18.1 Å². The van der Waals surface area contributed by atoms with Gasteiger partial charge in [-0.2, -0.15) is 0 Å². The molecule has 0 spiro atoms. The highest BCUT2D eigenvalue weighted by Crippen LogP contribution is 2.27. The number of likely N-dealkylation sites (tertiary alicyclic amines) is 1. The van der Waals surface area contributed by atoms with Crippen LogP contribution in [0.3, 0.4) is 0 Å². The Hall–Kier alpha value is -2.66. The number of pyridine rings is 1. The van der Waals surface area contributed by atoms with E-state index >= 15 is 0 Å². The molecular formula is C21H24N2O3. The number of hydrogen-bond acceptors (Lipinski definition) is 5. The van der Waals surface area contributed by atoms with E-state index in [-0.39, 0.29) is 17.4 Å². The number of carbonyl (C=O) groups excluding carboxylic acids is 1. The van der Waals surface area contributed by atoms with Crippen molar-refractivity contribution in [3.63, 3.8) is 0 Å². The molecule has 5 heteroatoms. The number of carbonyl (C=O) groups is 1. The van der Waals surface area contributed by atoms with Crippen molar-refractivity contribution in [2.24, 2.45) is 0 Å². The fourth-order valence-corrected chi connectivity index (χ4v) is 3.41. The van der Waals surface area contributed by atoms with Crippen LogP contribution in [0.15, 0.2) is 43.1 Å². The van der Waals surface area contributed by atoms with Crippen LogP contribution in [0.1, 0.15) is 40.9 Å². The Morgan fingerprint density at radius 3 is 3.00 bits per heavy atom. The molecular weight excluding hydrogens is 328 g/mol. The second kappa shape index (κ2) is 8.63. The highest BCUT2D eigenvalue weighted by atomic mass is 16.5. The van der Waals surface area contributed by atoms with Gasteiger partial charge in [0.05, 0.1) is 11.3 Å². The lowest BCUT2D eigenvalue weighted by Crippen LogP contribution is -2.42. The largest absolute Gasteiger partial charge is 0.507 e. The summed E-state index contributed by atoms with van der Waals surface area (Å²) in [4.78, 5) is 18.0. The van der Waals surface area contributed by atoms with E-state index in [1.807, 2.05) is 6.07 Å². The van der Waals surface area contributed by atoms with E-state index in [2.05, 4.69) is 22.5 Å². The summed E-state index contributed by atoms with van der Waals surface area (Å²) in [7, 11) is 0. The van der Waals surface area contributed by atoms with Gasteiger partial charge in [0.2, 0.25) is 0 Å². The van der Waals surface area contributed by atoms with Crippen molar-refractivity contribution in [2.45, 2.75) is 31.8 Å². The van der Waals surface area contributed by atoms with E-state index in [1.165, 1.54) is 6.07 Å². The number of rotatable bonds is 7. The van der Waals surface area contributed by atoms with Crippen LogP contribution in [0, 0.1) is 0 Å². The van der Waals surface area contributed by atoms with Gasteiger partial charge in [0.15, 0.2) is 6.29 Å². The molecule has 0 saturated carbocycles. The lowest BCUT2D eigenvalue weighted by molar-refractivity contribution is 0.0920. The van der Waals surface area contributed by atoms with E-state index in [1.54, 1.807) is 24.4 Å². The first kappa shape index (κ1) is 18.1. The van der Waals surface area contributed by atoms with Crippen LogP contribution in [0.25, 0.3) is 6.08 Å². The van der Waals surface area contributed by atoms with Crippen molar-refractivity contribution in [1.29, 1.82) is 0 Å². The molecule has 0 amide bonds. The Kier molecular flexibility index (Phi) is 6.02. The summed E-state index contributed by atoms with van der Waals surface area (Å²) in [5, 5.41) is 9.79. The van der Waals surface area contributed by atoms with Crippen molar-refractivity contribution >= 4 is 12.4 Å². The molecule has 0 unspecified atom stereocenters. The quantitative estimate of drug-likeness (QED) is 0.770. The maximum absolute atomic E-state index is 11.2. The molecule has 1 aliphatic heterocycles. The van der Waals surface area contributed by atoms with Crippen LogP contribution in [0.5, 0.6) is 11.5 Å². The number of nitrogens with zero attached hydrogens (tertiary/aromatic N) is 2. The Balaban J connectivity index is 1.71. The maximum Gasteiger partial charge on any atom is 0.157 e. The van der Waals surface area contributed by atoms with Gasteiger partial charge in [-0.15, -0.1) is 0 Å². The zero-order valence-corrected chi connectivity index (χ0v) is 14.8. The molecule has 1 aromatic heterocycles. The minimum Gasteiger partial charge on any atom is -0.507 e. The third kappa shape index (κ3) is 4.11. The van der Waals surface area contributed by atoms with Gasteiger partial charge in [0, 0.05) is 18.8 Å². The van der Waals surface area contributed by atoms with E-state index < -0.39 is 0 Å². The Labute approximate surface area is 153 Å². The van der Waals surface area contributed by atoms with Gasteiger partial charge in [-0.3, -0.25) is 14.7 Å². The van der Waals surface area contributed by atoms with Gasteiger partial charge in [-0.25, -0.2) is 0 Å². The Morgan fingerprint density at radius 1 is 1.31 bits per heavy atom. The second-order valence-corrected chi connectivity index (χ2v) is 6.49. The van der Waals surface area contributed by atoms with Crippen LogP contribution in [-0.2, 0) is 6.54 Å². The summed E-state index contributed by atoms with van der Waals surface area (Å²) in [6.07, 6.45) is 7.56. The SMILES string of the molecule is C=Cc1ncccc1CN1CCCC[C@H]1COc1cccc(O)c1C=O. The molecule has 1 N–H and O–H groups in total. The smallest absolute Gasteiger partial charge is 0.157 e. The topological polar surface area (TPSA) is 62.7 Å². The summed E-state index contributed by atoms with van der Waals surface area (Å²) in [6, 6.07) is 9.17. The predicted octanol–water partition coefficient (Wildman–Crippen LogP) is 3.68. The summed E-state index contributed by atoms with van der Waals surface area (Å²) >= 11 is 0. The molecule has 3 rings (SSSR count). The van der Waals surface area contributed by atoms with Gasteiger partial charge in [-0.05, 0) is 49.2 Å². The number of benzene rings is 1. The molecule has 5 nitrogen and oxygen atoms in total. The van der Waals surface area contributed by atoms with Crippen molar-refractivity contribution < 1.29 is 14.6 Å². The third-order valence-electron chi connectivity index (χ3n) is 4.83. The van der Waals surface area contributed by atoms with E-state index in [4.69, 9.17) is 4.74 Å². The normalized spacial score (nSPS) is 17.6. The van der Waals surface area contributed by atoms with E-state index in [9.17, 15) is 9.90 Å². The molecule has 136 valence electrons. The molecule has 0 aliphatic carbocycles. The molecule has 2 heterocycles. The van der Waals surface area contributed by atoms with Crippen molar-refractivity contribution in [3.8, 4) is 11.5 Å². The number of hydrogen-bond donors (Lipinski definition) is 1. The lowest BCUT2D eigenvalue weighted by atomic mass is 10.0. The van der Waals surface area contributed by atoms with Crippen LogP contribution >= 0.6 is 0 Å². The number of ether oxygens (including phenoxy) is 1. The summed E-state index contributed by atoms with van der Waals surface area (Å²) in [6.45, 7) is 6.12. The highest BCUT2D eigenvalue weighted by Gasteiger charge is 2.24. The number of piperidine rings is 1. The van der Waals surface area contributed by atoms with Gasteiger partial charge in [-0.1, -0.05) is 25.1 Å². The minimum atomic E-state index is -0.0519. The number of aromatic hydroxyl groups is 1. The molecule has 1 aliphatic rings. The monoisotopic (exact) mass is 352 g/mol. The molecule has 2 aromatic rings. The standard InChI is InChI=1S/C21H24N2O3/c1-2-19-16(7-6-11-22-19)13-23-12-4-3-8-17(23)15-26-21-10-5-9-20(25)18(21)14-24/h2,5-7,9-11,14,17,25H,1,3-4,8,12-13,15H2/t17-/m0/s1. The summed E-state index contributed by atoms with van der Waals surface area (Å²) < 4.78 is 5.90. The summed E-state index contributed by atoms with van der Waals surface area (Å²) in [5.74, 6) is 0.377. The fraction of sp³-hybridized carbons (Fsp3) is 0.333. The van der Waals surface area contributed by atoms with E-state index in [0.717, 1.165) is 43.6 Å². The maximum atomic E-state index is 11.2. The molecule has 1 fully saturated rings. The van der Waals surface area contributed by atoms with Crippen LogP contribution in [-0.4, -0.2) is 40.5 Å². The Morgan fingerprint density at radius 2 is 2.19 bits per heavy atom. The molecule has 26 heavy (non-hydrogen) atoms. The first-order valence-electron chi connectivity index (χ1n) is 8.93.